The summed E-state index contributed by atoms with van der Waals surface area (Å²) in [6.07, 6.45) is -3.85. The van der Waals surface area contributed by atoms with Gasteiger partial charge in [-0.2, -0.15) is 13.2 Å². The van der Waals surface area contributed by atoms with E-state index in [1.54, 1.807) is 12.1 Å². The zero-order valence-corrected chi connectivity index (χ0v) is 12.1. The van der Waals surface area contributed by atoms with Crippen LogP contribution in [0.4, 0.5) is 13.2 Å². The van der Waals surface area contributed by atoms with Crippen LogP contribution < -0.4 is 4.74 Å². The smallest absolute Gasteiger partial charge is 0.460 e. The Balaban J connectivity index is 2.63. The summed E-state index contributed by atoms with van der Waals surface area (Å²) in [5.41, 5.74) is -0.368. The van der Waals surface area contributed by atoms with Crippen molar-refractivity contribution in [3.05, 3.63) is 35.4 Å². The lowest BCUT2D eigenvalue weighted by molar-refractivity contribution is -0.332. The van der Waals surface area contributed by atoms with Crippen LogP contribution in [0, 0.1) is 0 Å². The second-order valence-corrected chi connectivity index (χ2v) is 4.47. The lowest BCUT2D eigenvalue weighted by Crippen LogP contribution is -2.57. The van der Waals surface area contributed by atoms with Crippen molar-refractivity contribution < 1.29 is 32.2 Å². The number of hydrogen-bond acceptors (Lipinski definition) is 4. The van der Waals surface area contributed by atoms with Crippen LogP contribution in [-0.2, 0) is 14.3 Å². The Labute approximate surface area is 125 Å². The zero-order valence-electron chi connectivity index (χ0n) is 12.1. The van der Waals surface area contributed by atoms with Gasteiger partial charge in [-0.25, -0.2) is 4.79 Å². The first kappa shape index (κ1) is 16.4. The van der Waals surface area contributed by atoms with Gasteiger partial charge in [-0.1, -0.05) is 18.2 Å². The fourth-order valence-electron chi connectivity index (χ4n) is 2.16. The van der Waals surface area contributed by atoms with E-state index in [2.05, 4.69) is 0 Å². The summed E-state index contributed by atoms with van der Waals surface area (Å²) in [5.74, 6) is -4.30. The summed E-state index contributed by atoms with van der Waals surface area (Å²) in [6, 6.07) is 6.09. The lowest BCUT2D eigenvalue weighted by atomic mass is 9.97. The van der Waals surface area contributed by atoms with Gasteiger partial charge < -0.3 is 14.2 Å². The minimum absolute atomic E-state index is 0.0127. The van der Waals surface area contributed by atoms with E-state index in [9.17, 15) is 18.0 Å². The molecule has 1 atom stereocenters. The van der Waals surface area contributed by atoms with Crippen molar-refractivity contribution in [2.75, 3.05) is 13.2 Å². The molecule has 4 nitrogen and oxygen atoms in total. The van der Waals surface area contributed by atoms with Gasteiger partial charge in [-0.3, -0.25) is 0 Å². The normalized spacial score (nSPS) is 20.7. The van der Waals surface area contributed by atoms with Gasteiger partial charge in [0.25, 0.3) is 0 Å². The second-order valence-electron chi connectivity index (χ2n) is 4.47. The topological polar surface area (TPSA) is 44.8 Å². The van der Waals surface area contributed by atoms with Gasteiger partial charge >= 0.3 is 17.9 Å². The zero-order chi connectivity index (χ0) is 16.4. The number of halogens is 3. The van der Waals surface area contributed by atoms with Crippen LogP contribution in [0.5, 0.6) is 5.75 Å². The Bertz CT molecular complexity index is 595. The minimum Gasteiger partial charge on any atom is -0.462 e. The Morgan fingerprint density at radius 2 is 1.91 bits per heavy atom. The monoisotopic (exact) mass is 316 g/mol. The molecule has 1 aliphatic heterocycles. The Hall–Kier alpha value is -2.02. The maximum atomic E-state index is 13.6. The lowest BCUT2D eigenvalue weighted by Gasteiger charge is -2.38. The van der Waals surface area contributed by atoms with Crippen LogP contribution in [0.25, 0.3) is 6.08 Å². The number of esters is 1. The maximum absolute atomic E-state index is 13.6. The highest BCUT2D eigenvalue weighted by Gasteiger charge is 2.65. The quantitative estimate of drug-likeness (QED) is 0.799. The molecule has 7 heteroatoms. The average Bonchev–Trinajstić information content (AvgIpc) is 2.45. The molecule has 120 valence electrons. The largest absolute Gasteiger partial charge is 0.462 e. The van der Waals surface area contributed by atoms with Crippen molar-refractivity contribution in [3.8, 4) is 5.75 Å². The molecule has 1 aromatic carbocycles. The number of carbonyl (C=O) groups excluding carboxylic acids is 1. The number of rotatable bonds is 4. The van der Waals surface area contributed by atoms with Crippen molar-refractivity contribution in [1.82, 2.24) is 0 Å². The Morgan fingerprint density at radius 3 is 2.50 bits per heavy atom. The molecule has 0 aliphatic carbocycles. The first-order valence-electron chi connectivity index (χ1n) is 6.73. The molecular weight excluding hydrogens is 301 g/mol. The highest BCUT2D eigenvalue weighted by molar-refractivity contribution is 5.97. The molecule has 1 aliphatic rings. The molecule has 0 aromatic heterocycles. The van der Waals surface area contributed by atoms with Crippen LogP contribution >= 0.6 is 0 Å². The fraction of sp³-hybridized carbons (Fsp3) is 0.400. The number of fused-ring (bicyclic) bond motifs is 1. The molecule has 2 rings (SSSR count). The van der Waals surface area contributed by atoms with E-state index >= 15 is 0 Å². The predicted molar refractivity (Wildman–Crippen MR) is 72.1 cm³/mol. The number of alkyl halides is 3. The molecule has 0 spiro atoms. The number of ether oxygens (including phenoxy) is 3. The SMILES string of the molecule is CCOC(=O)C1=Cc2ccccc2OC1(OCC)C(F)(F)F. The third-order valence-corrected chi connectivity index (χ3v) is 3.04. The minimum atomic E-state index is -4.95. The van der Waals surface area contributed by atoms with E-state index in [4.69, 9.17) is 14.2 Å². The summed E-state index contributed by atoms with van der Waals surface area (Å²) >= 11 is 0. The molecule has 1 heterocycles. The molecule has 0 saturated heterocycles. The van der Waals surface area contributed by atoms with Crippen molar-refractivity contribution in [3.63, 3.8) is 0 Å². The van der Waals surface area contributed by atoms with Gasteiger partial charge in [0.2, 0.25) is 0 Å². The standard InChI is InChI=1S/C15H15F3O4/c1-3-20-13(19)11-9-10-7-5-6-8-12(10)22-14(11,21-4-2)15(16,17)18/h5-9H,3-4H2,1-2H3. The number of carbonyl (C=O) groups is 1. The maximum Gasteiger partial charge on any atom is 0.460 e. The Kier molecular flexibility index (Phi) is 4.46. The molecule has 0 radical (unpaired) electrons. The second kappa shape index (κ2) is 6.00. The number of hydrogen-bond donors (Lipinski definition) is 0. The van der Waals surface area contributed by atoms with Gasteiger partial charge in [0, 0.05) is 12.2 Å². The molecule has 1 unspecified atom stereocenters. The van der Waals surface area contributed by atoms with Crippen LogP contribution in [0.1, 0.15) is 19.4 Å². The van der Waals surface area contributed by atoms with Gasteiger partial charge in [0.05, 0.1) is 6.61 Å². The van der Waals surface area contributed by atoms with Crippen LogP contribution in [0.2, 0.25) is 0 Å². The summed E-state index contributed by atoms with van der Waals surface area (Å²) in [7, 11) is 0. The summed E-state index contributed by atoms with van der Waals surface area (Å²) in [4.78, 5) is 12.0. The summed E-state index contributed by atoms with van der Waals surface area (Å²) in [6.45, 7) is 2.54. The van der Waals surface area contributed by atoms with E-state index in [-0.39, 0.29) is 19.0 Å². The highest BCUT2D eigenvalue weighted by Crippen LogP contribution is 2.46. The highest BCUT2D eigenvalue weighted by atomic mass is 19.4. The molecule has 0 bridgehead atoms. The molecule has 0 amide bonds. The van der Waals surface area contributed by atoms with E-state index in [0.29, 0.717) is 5.56 Å². The molecule has 1 aromatic rings. The number of para-hydroxylation sites is 1. The van der Waals surface area contributed by atoms with Crippen molar-refractivity contribution in [2.24, 2.45) is 0 Å². The van der Waals surface area contributed by atoms with Gasteiger partial charge in [0.15, 0.2) is 0 Å². The van der Waals surface area contributed by atoms with Gasteiger partial charge in [0.1, 0.15) is 11.3 Å². The van der Waals surface area contributed by atoms with Crippen molar-refractivity contribution in [1.29, 1.82) is 0 Å². The van der Waals surface area contributed by atoms with Gasteiger partial charge in [-0.15, -0.1) is 0 Å². The summed E-state index contributed by atoms with van der Waals surface area (Å²) in [5, 5.41) is 0. The van der Waals surface area contributed by atoms with Crippen molar-refractivity contribution in [2.45, 2.75) is 25.8 Å². The molecular formula is C15H15F3O4. The van der Waals surface area contributed by atoms with Gasteiger partial charge in [-0.05, 0) is 26.0 Å². The van der Waals surface area contributed by atoms with E-state index in [1.807, 2.05) is 0 Å². The third kappa shape index (κ3) is 2.68. The number of benzene rings is 1. The molecule has 0 fully saturated rings. The summed E-state index contributed by atoms with van der Waals surface area (Å²) < 4.78 is 55.6. The Morgan fingerprint density at radius 1 is 1.23 bits per heavy atom. The first-order chi connectivity index (χ1) is 10.4. The van der Waals surface area contributed by atoms with Crippen LogP contribution in [0.15, 0.2) is 29.8 Å². The molecule has 0 saturated carbocycles. The fourth-order valence-corrected chi connectivity index (χ4v) is 2.16. The first-order valence-corrected chi connectivity index (χ1v) is 6.73. The molecule has 22 heavy (non-hydrogen) atoms. The van der Waals surface area contributed by atoms with Crippen LogP contribution in [-0.4, -0.2) is 31.1 Å². The van der Waals surface area contributed by atoms with E-state index < -0.39 is 23.5 Å². The van der Waals surface area contributed by atoms with Crippen LogP contribution in [0.3, 0.4) is 0 Å². The van der Waals surface area contributed by atoms with E-state index in [0.717, 1.165) is 6.08 Å². The molecule has 0 N–H and O–H groups in total. The predicted octanol–water partition coefficient (Wildman–Crippen LogP) is 3.32. The third-order valence-electron chi connectivity index (χ3n) is 3.04. The van der Waals surface area contributed by atoms with Crippen molar-refractivity contribution >= 4 is 12.0 Å². The average molecular weight is 316 g/mol. The van der Waals surface area contributed by atoms with E-state index in [1.165, 1.54) is 26.0 Å².